The molecule has 3 saturated carbocycles. The molecule has 3 aliphatic heterocycles. The molecule has 3 heterocycles. The average molecular weight is 344 g/mol. The van der Waals surface area contributed by atoms with Gasteiger partial charge in [0.05, 0.1) is 12.7 Å². The zero-order chi connectivity index (χ0) is 17.2. The summed E-state index contributed by atoms with van der Waals surface area (Å²) in [6.45, 7) is 7.40. The molecule has 6 aliphatic rings. The molecule has 5 heteroatoms. The summed E-state index contributed by atoms with van der Waals surface area (Å²) in [4.78, 5) is 26.1. The predicted molar refractivity (Wildman–Crippen MR) is 86.2 cm³/mol. The lowest BCUT2D eigenvalue weighted by molar-refractivity contribution is -0.215. The Morgan fingerprint density at radius 1 is 1.16 bits per heavy atom. The molecule has 0 radical (unpaired) electrons. The van der Waals surface area contributed by atoms with E-state index in [0.29, 0.717) is 25.2 Å². The monoisotopic (exact) mass is 344 g/mol. The standard InChI is InChI=1S/C20H24O5/c1-10-11-3-4-12-19(7-11,15(10)21)17(22)24-9-20(12)13-5-6-18(2)8-23-16(25-13)14(18)20/h11-14,16H,1,3-9H2,2H3. The van der Waals surface area contributed by atoms with Gasteiger partial charge in [-0.3, -0.25) is 9.59 Å². The van der Waals surface area contributed by atoms with Gasteiger partial charge in [-0.1, -0.05) is 13.5 Å². The van der Waals surface area contributed by atoms with Crippen LogP contribution in [0.25, 0.3) is 0 Å². The second-order valence-corrected chi connectivity index (χ2v) is 9.52. The van der Waals surface area contributed by atoms with E-state index >= 15 is 0 Å². The molecule has 6 fully saturated rings. The van der Waals surface area contributed by atoms with Crippen molar-refractivity contribution in [3.63, 3.8) is 0 Å². The molecule has 0 aromatic carbocycles. The molecule has 0 amide bonds. The van der Waals surface area contributed by atoms with Crippen molar-refractivity contribution < 1.29 is 23.8 Å². The van der Waals surface area contributed by atoms with Gasteiger partial charge in [0.15, 0.2) is 12.1 Å². The molecule has 3 aliphatic carbocycles. The maximum Gasteiger partial charge on any atom is 0.320 e. The molecule has 6 rings (SSSR count). The summed E-state index contributed by atoms with van der Waals surface area (Å²) in [5, 5.41) is 0. The number of cyclic esters (lactones) is 1. The molecule has 3 saturated heterocycles. The van der Waals surface area contributed by atoms with Crippen LogP contribution < -0.4 is 0 Å². The summed E-state index contributed by atoms with van der Waals surface area (Å²) in [5.74, 6) is 0.0158. The van der Waals surface area contributed by atoms with Gasteiger partial charge in [-0.25, -0.2) is 0 Å². The first kappa shape index (κ1) is 14.9. The number of hydrogen-bond donors (Lipinski definition) is 0. The largest absolute Gasteiger partial charge is 0.464 e. The van der Waals surface area contributed by atoms with Crippen molar-refractivity contribution in [2.75, 3.05) is 13.2 Å². The quantitative estimate of drug-likeness (QED) is 0.383. The van der Waals surface area contributed by atoms with Crippen LogP contribution in [0.3, 0.4) is 0 Å². The topological polar surface area (TPSA) is 61.8 Å². The van der Waals surface area contributed by atoms with Gasteiger partial charge in [0.2, 0.25) is 0 Å². The van der Waals surface area contributed by atoms with E-state index in [9.17, 15) is 9.59 Å². The van der Waals surface area contributed by atoms with Crippen LogP contribution in [0.1, 0.15) is 39.0 Å². The molecular formula is C20H24O5. The van der Waals surface area contributed by atoms with E-state index in [0.717, 1.165) is 25.7 Å². The Bertz CT molecular complexity index is 730. The first-order chi connectivity index (χ1) is 11.9. The van der Waals surface area contributed by atoms with Crippen molar-refractivity contribution in [1.82, 2.24) is 0 Å². The molecule has 0 aromatic heterocycles. The van der Waals surface area contributed by atoms with Gasteiger partial charge in [0.1, 0.15) is 12.0 Å². The summed E-state index contributed by atoms with van der Waals surface area (Å²) in [5.41, 5.74) is -0.577. The van der Waals surface area contributed by atoms with Crippen LogP contribution in [0, 0.1) is 34.0 Å². The van der Waals surface area contributed by atoms with Gasteiger partial charge >= 0.3 is 5.97 Å². The minimum Gasteiger partial charge on any atom is -0.464 e. The lowest BCUT2D eigenvalue weighted by Crippen LogP contribution is -2.65. The fraction of sp³-hybridized carbons (Fsp3) is 0.800. The Morgan fingerprint density at radius 2 is 2.00 bits per heavy atom. The average Bonchev–Trinajstić information content (AvgIpc) is 3.12. The number of hydrogen-bond acceptors (Lipinski definition) is 5. The molecule has 0 aromatic rings. The molecule has 8 atom stereocenters. The van der Waals surface area contributed by atoms with E-state index in [1.165, 1.54) is 0 Å². The van der Waals surface area contributed by atoms with Crippen LogP contribution in [-0.2, 0) is 23.8 Å². The SMILES string of the molecule is C=C1C(=O)C23CC1CCC2C1(COC3=O)C2CCC3(C)COC(O2)C31. The number of ketones is 1. The number of rotatable bonds is 0. The van der Waals surface area contributed by atoms with E-state index in [1.807, 2.05) is 0 Å². The number of Topliss-reactive ketones (excluding diaryl/α,β-unsaturated/α-hetero) is 1. The van der Waals surface area contributed by atoms with E-state index in [2.05, 4.69) is 13.5 Å². The molecule has 25 heavy (non-hydrogen) atoms. The minimum absolute atomic E-state index is 0.00516. The van der Waals surface area contributed by atoms with Crippen LogP contribution in [0.15, 0.2) is 12.2 Å². The summed E-state index contributed by atoms with van der Waals surface area (Å²) in [6, 6.07) is 0. The first-order valence-corrected chi connectivity index (χ1v) is 9.61. The first-order valence-electron chi connectivity index (χ1n) is 9.61. The van der Waals surface area contributed by atoms with Crippen LogP contribution in [0.2, 0.25) is 0 Å². The third-order valence-corrected chi connectivity index (χ3v) is 8.68. The van der Waals surface area contributed by atoms with Crippen molar-refractivity contribution >= 4 is 11.8 Å². The summed E-state index contributed by atoms with van der Waals surface area (Å²) in [6.07, 6.45) is 4.31. The Kier molecular flexibility index (Phi) is 2.51. The Morgan fingerprint density at radius 3 is 2.84 bits per heavy atom. The van der Waals surface area contributed by atoms with E-state index in [1.54, 1.807) is 0 Å². The van der Waals surface area contributed by atoms with Gasteiger partial charge in [0, 0.05) is 11.3 Å². The van der Waals surface area contributed by atoms with Gasteiger partial charge < -0.3 is 14.2 Å². The lowest BCUT2D eigenvalue weighted by atomic mass is 9.45. The van der Waals surface area contributed by atoms with Crippen molar-refractivity contribution in [1.29, 1.82) is 0 Å². The molecule has 5 nitrogen and oxygen atoms in total. The number of fused-ring (bicyclic) bond motifs is 1. The highest BCUT2D eigenvalue weighted by molar-refractivity contribution is 6.15. The highest BCUT2D eigenvalue weighted by Crippen LogP contribution is 2.72. The second kappa shape index (κ2) is 4.20. The zero-order valence-electron chi connectivity index (χ0n) is 14.6. The summed E-state index contributed by atoms with van der Waals surface area (Å²) in [7, 11) is 0. The number of carbonyl (C=O) groups is 2. The molecule has 4 bridgehead atoms. The molecule has 8 unspecified atom stereocenters. The maximum atomic E-state index is 13.2. The van der Waals surface area contributed by atoms with Crippen LogP contribution >= 0.6 is 0 Å². The van der Waals surface area contributed by atoms with Gasteiger partial charge in [-0.05, 0) is 54.9 Å². The molecule has 2 spiro atoms. The smallest absolute Gasteiger partial charge is 0.320 e. The van der Waals surface area contributed by atoms with Crippen molar-refractivity contribution in [3.05, 3.63) is 12.2 Å². The fourth-order valence-corrected chi connectivity index (χ4v) is 7.68. The van der Waals surface area contributed by atoms with Crippen LogP contribution in [0.4, 0.5) is 0 Å². The van der Waals surface area contributed by atoms with Crippen molar-refractivity contribution in [2.24, 2.45) is 34.0 Å². The summed E-state index contributed by atoms with van der Waals surface area (Å²) >= 11 is 0. The lowest BCUT2D eigenvalue weighted by Gasteiger charge is -2.58. The summed E-state index contributed by atoms with van der Waals surface area (Å²) < 4.78 is 18.1. The van der Waals surface area contributed by atoms with Crippen LogP contribution in [-0.4, -0.2) is 37.4 Å². The number of ether oxygens (including phenoxy) is 3. The molecule has 0 N–H and O–H groups in total. The highest BCUT2D eigenvalue weighted by atomic mass is 16.7. The highest BCUT2D eigenvalue weighted by Gasteiger charge is 2.78. The Hall–Kier alpha value is -1.20. The second-order valence-electron chi connectivity index (χ2n) is 9.52. The Balaban J connectivity index is 1.56. The van der Waals surface area contributed by atoms with Gasteiger partial charge in [-0.15, -0.1) is 0 Å². The normalized spacial score (nSPS) is 58.6. The third kappa shape index (κ3) is 1.37. The zero-order valence-corrected chi connectivity index (χ0v) is 14.6. The van der Waals surface area contributed by atoms with E-state index in [4.69, 9.17) is 14.2 Å². The third-order valence-electron chi connectivity index (χ3n) is 8.68. The van der Waals surface area contributed by atoms with Gasteiger partial charge in [-0.2, -0.15) is 0 Å². The number of allylic oxidation sites excluding steroid dienone is 1. The molecule has 134 valence electrons. The minimum atomic E-state index is -1.00. The van der Waals surface area contributed by atoms with Crippen molar-refractivity contribution in [3.8, 4) is 0 Å². The fourth-order valence-electron chi connectivity index (χ4n) is 7.68. The van der Waals surface area contributed by atoms with Crippen LogP contribution in [0.5, 0.6) is 0 Å². The predicted octanol–water partition coefficient (Wildman–Crippen LogP) is 2.24. The molecular weight excluding hydrogens is 320 g/mol. The number of carbonyl (C=O) groups excluding carboxylic acids is 2. The number of esters is 1. The van der Waals surface area contributed by atoms with E-state index in [-0.39, 0.29) is 52.7 Å². The van der Waals surface area contributed by atoms with Crippen molar-refractivity contribution in [2.45, 2.75) is 51.4 Å². The van der Waals surface area contributed by atoms with Gasteiger partial charge in [0.25, 0.3) is 0 Å². The Labute approximate surface area is 147 Å². The van der Waals surface area contributed by atoms with E-state index < -0.39 is 5.41 Å². The maximum absolute atomic E-state index is 13.2.